The molecule has 372 valence electrons. The number of aliphatic hydroxyl groups excluding tert-OH is 2. The van der Waals surface area contributed by atoms with Gasteiger partial charge in [0.25, 0.3) is 0 Å². The first kappa shape index (κ1) is 61.5. The van der Waals surface area contributed by atoms with Crippen molar-refractivity contribution in [2.75, 3.05) is 33.0 Å². The Hall–Kier alpha value is -0.540. The molecule has 3 atom stereocenters. The van der Waals surface area contributed by atoms with E-state index in [0.717, 1.165) is 32.1 Å². The molecular formula is C52H105O9P. The van der Waals surface area contributed by atoms with Crippen molar-refractivity contribution in [3.8, 4) is 0 Å². The number of ether oxygens (including phenoxy) is 2. The van der Waals surface area contributed by atoms with Crippen molar-refractivity contribution in [1.29, 1.82) is 0 Å². The van der Waals surface area contributed by atoms with E-state index in [1.165, 1.54) is 231 Å². The Kier molecular flexibility index (Phi) is 49.5. The molecular weight excluding hydrogens is 800 g/mol. The average molecular weight is 905 g/mol. The summed E-state index contributed by atoms with van der Waals surface area (Å²) in [5, 5.41) is 18.4. The maximum atomic E-state index is 12.7. The number of carbonyl (C=O) groups excluding carboxylic acids is 1. The fourth-order valence-electron chi connectivity index (χ4n) is 8.18. The normalized spacial score (nSPS) is 13.7. The Labute approximate surface area is 384 Å². The lowest BCUT2D eigenvalue weighted by atomic mass is 10.0. The second-order valence-electron chi connectivity index (χ2n) is 18.6. The molecule has 0 heterocycles. The second-order valence-corrected chi connectivity index (χ2v) is 20.1. The van der Waals surface area contributed by atoms with Crippen LogP contribution in [0.5, 0.6) is 0 Å². The van der Waals surface area contributed by atoms with E-state index in [-0.39, 0.29) is 25.6 Å². The Morgan fingerprint density at radius 1 is 0.435 bits per heavy atom. The number of unbranched alkanes of at least 4 members (excludes halogenated alkanes) is 39. The average Bonchev–Trinajstić information content (AvgIpc) is 3.26. The lowest BCUT2D eigenvalue weighted by Crippen LogP contribution is -2.29. The van der Waals surface area contributed by atoms with E-state index < -0.39 is 33.2 Å². The summed E-state index contributed by atoms with van der Waals surface area (Å²) in [7, 11) is -4.52. The molecule has 0 aromatic heterocycles. The van der Waals surface area contributed by atoms with Crippen LogP contribution < -0.4 is 0 Å². The van der Waals surface area contributed by atoms with Gasteiger partial charge in [0.15, 0.2) is 0 Å². The standard InChI is InChI=1S/C52H105O9P/c1-3-5-7-9-11-13-15-17-19-21-22-23-24-25-26-27-29-31-33-35-37-39-41-43-45-58-48-51(49-60-62(56,57)59-47-50(54)46-53)61-52(55)44-42-40-38-36-34-32-30-28-20-18-16-14-12-10-8-6-4-2/h50-51,53-54H,3-49H2,1-2H3,(H,56,57). The van der Waals surface area contributed by atoms with Crippen molar-refractivity contribution in [2.45, 2.75) is 296 Å². The Balaban J connectivity index is 3.96. The molecule has 0 aliphatic rings. The van der Waals surface area contributed by atoms with Crippen LogP contribution in [-0.2, 0) is 27.9 Å². The van der Waals surface area contributed by atoms with Gasteiger partial charge < -0.3 is 24.6 Å². The highest BCUT2D eigenvalue weighted by Gasteiger charge is 2.26. The zero-order chi connectivity index (χ0) is 45.3. The quantitative estimate of drug-likeness (QED) is 0.0310. The summed E-state index contributed by atoms with van der Waals surface area (Å²) in [6, 6.07) is 0. The Bertz CT molecular complexity index is 938. The predicted molar refractivity (Wildman–Crippen MR) is 261 cm³/mol. The summed E-state index contributed by atoms with van der Waals surface area (Å²) >= 11 is 0. The van der Waals surface area contributed by atoms with Crippen LogP contribution in [0, 0.1) is 0 Å². The Morgan fingerprint density at radius 3 is 1.05 bits per heavy atom. The third-order valence-corrected chi connectivity index (χ3v) is 13.2. The van der Waals surface area contributed by atoms with Gasteiger partial charge in [-0.25, -0.2) is 4.57 Å². The van der Waals surface area contributed by atoms with Crippen LogP contribution in [0.1, 0.15) is 284 Å². The first-order valence-corrected chi connectivity index (χ1v) is 28.5. The van der Waals surface area contributed by atoms with Crippen LogP contribution in [0.4, 0.5) is 0 Å². The number of rotatable bonds is 53. The highest BCUT2D eigenvalue weighted by Crippen LogP contribution is 2.43. The van der Waals surface area contributed by atoms with E-state index in [4.69, 9.17) is 23.6 Å². The molecule has 3 unspecified atom stereocenters. The predicted octanol–water partition coefficient (Wildman–Crippen LogP) is 15.8. The highest BCUT2D eigenvalue weighted by molar-refractivity contribution is 7.47. The third kappa shape index (κ3) is 48.9. The summed E-state index contributed by atoms with van der Waals surface area (Å²) in [5.74, 6) is -0.373. The van der Waals surface area contributed by atoms with Crippen LogP contribution in [0.2, 0.25) is 0 Å². The maximum Gasteiger partial charge on any atom is 0.472 e. The highest BCUT2D eigenvalue weighted by atomic mass is 31.2. The number of esters is 1. The molecule has 62 heavy (non-hydrogen) atoms. The van der Waals surface area contributed by atoms with E-state index >= 15 is 0 Å². The number of hydrogen-bond donors (Lipinski definition) is 3. The van der Waals surface area contributed by atoms with Gasteiger partial charge in [0.1, 0.15) is 12.2 Å². The van der Waals surface area contributed by atoms with E-state index in [1.54, 1.807) is 0 Å². The monoisotopic (exact) mass is 905 g/mol. The molecule has 0 amide bonds. The number of carbonyl (C=O) groups is 1. The van der Waals surface area contributed by atoms with Gasteiger partial charge in [-0.1, -0.05) is 264 Å². The van der Waals surface area contributed by atoms with Crippen LogP contribution in [0.3, 0.4) is 0 Å². The fraction of sp³-hybridized carbons (Fsp3) is 0.981. The van der Waals surface area contributed by atoms with Gasteiger partial charge in [0.2, 0.25) is 0 Å². The van der Waals surface area contributed by atoms with Crippen molar-refractivity contribution in [3.05, 3.63) is 0 Å². The van der Waals surface area contributed by atoms with Crippen molar-refractivity contribution < 1.29 is 43.0 Å². The van der Waals surface area contributed by atoms with Gasteiger partial charge in [0.05, 0.1) is 26.4 Å². The summed E-state index contributed by atoms with van der Waals surface area (Å²) in [5.41, 5.74) is 0. The zero-order valence-electron chi connectivity index (χ0n) is 41.1. The lowest BCUT2D eigenvalue weighted by Gasteiger charge is -2.20. The first-order chi connectivity index (χ1) is 30.3. The molecule has 0 aromatic carbocycles. The molecule has 0 rings (SSSR count). The largest absolute Gasteiger partial charge is 0.472 e. The van der Waals surface area contributed by atoms with Gasteiger partial charge in [-0.2, -0.15) is 0 Å². The van der Waals surface area contributed by atoms with Crippen LogP contribution in [-0.4, -0.2) is 66.3 Å². The minimum atomic E-state index is -4.52. The van der Waals surface area contributed by atoms with Crippen molar-refractivity contribution in [1.82, 2.24) is 0 Å². The summed E-state index contributed by atoms with van der Waals surface area (Å²) in [6.45, 7) is 3.61. The molecule has 0 radical (unpaired) electrons. The second kappa shape index (κ2) is 49.9. The van der Waals surface area contributed by atoms with E-state index in [9.17, 15) is 19.4 Å². The van der Waals surface area contributed by atoms with Gasteiger partial charge >= 0.3 is 13.8 Å². The summed E-state index contributed by atoms with van der Waals surface area (Å²) in [6.07, 6.45) is 52.2. The molecule has 3 N–H and O–H groups in total. The van der Waals surface area contributed by atoms with Gasteiger partial charge in [-0.3, -0.25) is 13.8 Å². The first-order valence-electron chi connectivity index (χ1n) is 27.0. The fourth-order valence-corrected chi connectivity index (χ4v) is 8.97. The van der Waals surface area contributed by atoms with Crippen LogP contribution in [0.25, 0.3) is 0 Å². The van der Waals surface area contributed by atoms with Gasteiger partial charge in [-0.05, 0) is 12.8 Å². The molecule has 0 aromatic rings. The molecule has 0 saturated carbocycles. The molecule has 10 heteroatoms. The Morgan fingerprint density at radius 2 is 0.726 bits per heavy atom. The number of phosphoric acid groups is 1. The van der Waals surface area contributed by atoms with Crippen molar-refractivity contribution >= 4 is 13.8 Å². The number of aliphatic hydroxyl groups is 2. The molecule has 0 aliphatic heterocycles. The van der Waals surface area contributed by atoms with Gasteiger partial charge in [0, 0.05) is 13.0 Å². The maximum absolute atomic E-state index is 12.7. The minimum absolute atomic E-state index is 0.0589. The van der Waals surface area contributed by atoms with Gasteiger partial charge in [-0.15, -0.1) is 0 Å². The van der Waals surface area contributed by atoms with E-state index in [1.807, 2.05) is 0 Å². The third-order valence-electron chi connectivity index (χ3n) is 12.3. The van der Waals surface area contributed by atoms with Crippen molar-refractivity contribution in [2.24, 2.45) is 0 Å². The van der Waals surface area contributed by atoms with Crippen LogP contribution in [0.15, 0.2) is 0 Å². The topological polar surface area (TPSA) is 132 Å². The van der Waals surface area contributed by atoms with E-state index in [0.29, 0.717) is 6.61 Å². The SMILES string of the molecule is CCCCCCCCCCCCCCCCCCCCCCCCCCOCC(COP(=O)(O)OCC(O)CO)OC(=O)CCCCCCCCCCCCCCCCCCC. The molecule has 9 nitrogen and oxygen atoms in total. The molecule has 0 bridgehead atoms. The number of phosphoric ester groups is 1. The summed E-state index contributed by atoms with van der Waals surface area (Å²) in [4.78, 5) is 22.7. The van der Waals surface area contributed by atoms with E-state index in [2.05, 4.69) is 13.8 Å². The van der Waals surface area contributed by atoms with Crippen molar-refractivity contribution in [3.63, 3.8) is 0 Å². The van der Waals surface area contributed by atoms with Crippen LogP contribution >= 0.6 is 7.82 Å². The number of hydrogen-bond acceptors (Lipinski definition) is 8. The minimum Gasteiger partial charge on any atom is -0.457 e. The zero-order valence-corrected chi connectivity index (χ0v) is 42.0. The summed E-state index contributed by atoms with van der Waals surface area (Å²) < 4.78 is 33.6. The molecule has 0 spiro atoms. The lowest BCUT2D eigenvalue weighted by molar-refractivity contribution is -0.154. The molecule has 0 fully saturated rings. The molecule has 0 aliphatic carbocycles. The smallest absolute Gasteiger partial charge is 0.457 e. The molecule has 0 saturated heterocycles.